The summed E-state index contributed by atoms with van der Waals surface area (Å²) >= 11 is 10.8. The van der Waals surface area contributed by atoms with Gasteiger partial charge in [0.05, 0.1) is 42.2 Å². The van der Waals surface area contributed by atoms with Crippen molar-refractivity contribution in [2.24, 2.45) is 4.99 Å². The number of carbonyl (C=O) groups excluding carboxylic acids is 1. The van der Waals surface area contributed by atoms with Crippen molar-refractivity contribution in [3.63, 3.8) is 0 Å². The van der Waals surface area contributed by atoms with E-state index in [9.17, 15) is 9.59 Å². The molecule has 4 aromatic rings. The minimum absolute atomic E-state index is 0.194. The lowest BCUT2D eigenvalue weighted by molar-refractivity contribution is -0.139. The van der Waals surface area contributed by atoms with Gasteiger partial charge in [-0.05, 0) is 74.4 Å². The Kier molecular flexibility index (Phi) is 9.93. The van der Waals surface area contributed by atoms with Gasteiger partial charge in [-0.3, -0.25) is 9.36 Å². The fourth-order valence-electron chi connectivity index (χ4n) is 4.90. The molecule has 0 N–H and O–H groups in total. The molecule has 0 saturated heterocycles. The smallest absolute Gasteiger partial charge is 0.338 e. The van der Waals surface area contributed by atoms with Crippen LogP contribution in [0.5, 0.6) is 17.2 Å². The van der Waals surface area contributed by atoms with Gasteiger partial charge >= 0.3 is 5.97 Å². The third kappa shape index (κ3) is 6.62. The van der Waals surface area contributed by atoms with Crippen molar-refractivity contribution in [1.82, 2.24) is 4.57 Å². The SMILES string of the molecule is CCOC(=O)C1=C(C)N=c2s/c(=C\c3cc(Br)cc(OC)c3OCc3ccc(Cl)cc3)c(=O)n2[C@@H]1c1ccc(OCC)cc1. The first-order valence-electron chi connectivity index (χ1n) is 13.9. The Morgan fingerprint density at radius 1 is 1.07 bits per heavy atom. The van der Waals surface area contributed by atoms with Gasteiger partial charge < -0.3 is 18.9 Å². The minimum atomic E-state index is -0.735. The lowest BCUT2D eigenvalue weighted by Crippen LogP contribution is -2.39. The van der Waals surface area contributed by atoms with Crippen LogP contribution >= 0.6 is 38.9 Å². The molecule has 0 bridgehead atoms. The minimum Gasteiger partial charge on any atom is -0.494 e. The predicted molar refractivity (Wildman–Crippen MR) is 174 cm³/mol. The molecule has 8 nitrogen and oxygen atoms in total. The van der Waals surface area contributed by atoms with Crippen molar-refractivity contribution in [2.45, 2.75) is 33.4 Å². The van der Waals surface area contributed by atoms with E-state index in [-0.39, 0.29) is 18.8 Å². The van der Waals surface area contributed by atoms with Crippen molar-refractivity contribution in [3.8, 4) is 17.2 Å². The fraction of sp³-hybridized carbons (Fsp3) is 0.242. The van der Waals surface area contributed by atoms with Crippen molar-refractivity contribution >= 4 is 50.9 Å². The number of nitrogens with zero attached hydrogens (tertiary/aromatic N) is 2. The van der Waals surface area contributed by atoms with Gasteiger partial charge in [-0.25, -0.2) is 9.79 Å². The number of halogens is 2. The first-order valence-corrected chi connectivity index (χ1v) is 15.9. The number of fused-ring (bicyclic) bond motifs is 1. The summed E-state index contributed by atoms with van der Waals surface area (Å²) in [5, 5.41) is 0.635. The molecule has 0 fully saturated rings. The zero-order valence-corrected chi connectivity index (χ0v) is 27.7. The molecule has 11 heteroatoms. The van der Waals surface area contributed by atoms with Gasteiger partial charge in [0.25, 0.3) is 5.56 Å². The average molecular weight is 698 g/mol. The number of hydrogen-bond acceptors (Lipinski definition) is 8. The molecule has 5 rings (SSSR count). The Morgan fingerprint density at radius 3 is 2.45 bits per heavy atom. The van der Waals surface area contributed by atoms with Gasteiger partial charge in [0.2, 0.25) is 0 Å². The number of thiazole rings is 1. The highest BCUT2D eigenvalue weighted by atomic mass is 79.9. The van der Waals surface area contributed by atoms with Crippen molar-refractivity contribution in [1.29, 1.82) is 0 Å². The number of carbonyl (C=O) groups is 1. The summed E-state index contributed by atoms with van der Waals surface area (Å²) in [5.74, 6) is 1.15. The number of benzene rings is 3. The van der Waals surface area contributed by atoms with E-state index in [2.05, 4.69) is 20.9 Å². The number of methoxy groups -OCH3 is 1. The van der Waals surface area contributed by atoms with E-state index in [4.69, 9.17) is 30.5 Å². The fourth-order valence-corrected chi connectivity index (χ4v) is 6.52. The number of esters is 1. The van der Waals surface area contributed by atoms with Gasteiger partial charge in [0.15, 0.2) is 16.3 Å². The lowest BCUT2D eigenvalue weighted by atomic mass is 9.96. The number of rotatable bonds is 10. The second-order valence-electron chi connectivity index (χ2n) is 9.75. The zero-order valence-electron chi connectivity index (χ0n) is 24.6. The van der Waals surface area contributed by atoms with Gasteiger partial charge in [-0.2, -0.15) is 0 Å². The van der Waals surface area contributed by atoms with E-state index in [1.807, 2.05) is 49.4 Å². The topological polar surface area (TPSA) is 88.4 Å². The highest BCUT2D eigenvalue weighted by molar-refractivity contribution is 9.10. The van der Waals surface area contributed by atoms with E-state index in [1.54, 1.807) is 49.8 Å². The molecule has 0 amide bonds. The van der Waals surface area contributed by atoms with Crippen LogP contribution in [0.25, 0.3) is 6.08 Å². The largest absolute Gasteiger partial charge is 0.494 e. The standard InChI is InChI=1S/C33H30BrClN2O6S/c1-5-41-25-13-9-21(10-14-25)29-28(32(39)42-6-2)19(3)36-33-37(29)31(38)27(44-33)16-22-15-23(34)17-26(40-4)30(22)43-18-20-7-11-24(35)12-8-20/h7-17,29H,5-6,18H2,1-4H3/b27-16-/t29-/m1/s1. The molecule has 3 aromatic carbocycles. The van der Waals surface area contributed by atoms with Crippen molar-refractivity contribution in [3.05, 3.63) is 118 Å². The molecule has 44 heavy (non-hydrogen) atoms. The van der Waals surface area contributed by atoms with Crippen LogP contribution in [0, 0.1) is 0 Å². The Bertz CT molecular complexity index is 1900. The highest BCUT2D eigenvalue weighted by Gasteiger charge is 2.33. The Balaban J connectivity index is 1.64. The van der Waals surface area contributed by atoms with Crippen LogP contribution in [-0.4, -0.2) is 30.9 Å². The van der Waals surface area contributed by atoms with E-state index >= 15 is 0 Å². The van der Waals surface area contributed by atoms with Crippen LogP contribution in [0.2, 0.25) is 5.02 Å². The molecule has 0 aliphatic carbocycles. The zero-order chi connectivity index (χ0) is 31.4. The molecule has 2 heterocycles. The summed E-state index contributed by atoms with van der Waals surface area (Å²) in [7, 11) is 1.56. The molecule has 1 aromatic heterocycles. The quantitative estimate of drug-likeness (QED) is 0.184. The molecule has 0 radical (unpaired) electrons. The van der Waals surface area contributed by atoms with Crippen LogP contribution in [0.4, 0.5) is 0 Å². The second kappa shape index (κ2) is 13.8. The lowest BCUT2D eigenvalue weighted by Gasteiger charge is -2.24. The van der Waals surface area contributed by atoms with E-state index < -0.39 is 12.0 Å². The van der Waals surface area contributed by atoms with Crippen LogP contribution < -0.4 is 29.1 Å². The summed E-state index contributed by atoms with van der Waals surface area (Å²) in [6.45, 7) is 6.39. The third-order valence-electron chi connectivity index (χ3n) is 6.88. The van der Waals surface area contributed by atoms with Gasteiger partial charge in [-0.15, -0.1) is 0 Å². The summed E-state index contributed by atoms with van der Waals surface area (Å²) in [5.41, 5.74) is 2.79. The van der Waals surface area contributed by atoms with Gasteiger partial charge in [0, 0.05) is 15.1 Å². The molecule has 1 aliphatic heterocycles. The maximum absolute atomic E-state index is 14.2. The summed E-state index contributed by atoms with van der Waals surface area (Å²) in [6.07, 6.45) is 1.76. The molecule has 1 atom stereocenters. The molecule has 228 valence electrons. The molecule has 0 spiro atoms. The summed E-state index contributed by atoms with van der Waals surface area (Å²) < 4.78 is 25.6. The van der Waals surface area contributed by atoms with Gasteiger partial charge in [-0.1, -0.05) is 63.1 Å². The molecular formula is C33H30BrClN2O6S. The van der Waals surface area contributed by atoms with Crippen LogP contribution in [0.3, 0.4) is 0 Å². The number of ether oxygens (including phenoxy) is 4. The van der Waals surface area contributed by atoms with E-state index in [1.165, 1.54) is 11.3 Å². The Hall–Kier alpha value is -3.86. The average Bonchev–Trinajstić information content (AvgIpc) is 3.31. The predicted octanol–water partition coefficient (Wildman–Crippen LogP) is 6.20. The summed E-state index contributed by atoms with van der Waals surface area (Å²) in [6, 6.07) is 17.7. The maximum Gasteiger partial charge on any atom is 0.338 e. The molecule has 0 unspecified atom stereocenters. The normalized spacial score (nSPS) is 14.6. The molecular weight excluding hydrogens is 668 g/mol. The number of hydrogen-bond donors (Lipinski definition) is 0. The first-order chi connectivity index (χ1) is 21.2. The van der Waals surface area contributed by atoms with E-state index in [0.717, 1.165) is 15.6 Å². The monoisotopic (exact) mass is 696 g/mol. The van der Waals surface area contributed by atoms with Crippen molar-refractivity contribution in [2.75, 3.05) is 20.3 Å². The number of allylic oxidation sites excluding steroid dienone is 1. The Labute approximate surface area is 272 Å². The summed E-state index contributed by atoms with van der Waals surface area (Å²) in [4.78, 5) is 32.5. The van der Waals surface area contributed by atoms with Crippen LogP contribution in [-0.2, 0) is 16.1 Å². The first kappa shape index (κ1) is 31.6. The number of aromatic nitrogens is 1. The van der Waals surface area contributed by atoms with Crippen molar-refractivity contribution < 1.29 is 23.7 Å². The molecule has 1 aliphatic rings. The Morgan fingerprint density at radius 2 is 1.80 bits per heavy atom. The molecule has 0 saturated carbocycles. The van der Waals surface area contributed by atoms with E-state index in [0.29, 0.717) is 55.0 Å². The highest BCUT2D eigenvalue weighted by Crippen LogP contribution is 2.36. The maximum atomic E-state index is 14.2. The van der Waals surface area contributed by atoms with Crippen LogP contribution in [0.15, 0.2) is 86.2 Å². The van der Waals surface area contributed by atoms with Gasteiger partial charge in [0.1, 0.15) is 12.4 Å². The van der Waals surface area contributed by atoms with Crippen LogP contribution in [0.1, 0.15) is 43.5 Å². The second-order valence-corrected chi connectivity index (χ2v) is 12.1. The third-order valence-corrected chi connectivity index (χ3v) is 8.57.